The van der Waals surface area contributed by atoms with Gasteiger partial charge in [-0.25, -0.2) is 4.98 Å². The molecule has 2 aromatic heterocycles. The highest BCUT2D eigenvalue weighted by molar-refractivity contribution is 6.02. The van der Waals surface area contributed by atoms with Gasteiger partial charge in [0.25, 0.3) is 0 Å². The van der Waals surface area contributed by atoms with Crippen LogP contribution in [0.4, 0.5) is 8.78 Å². The van der Waals surface area contributed by atoms with Crippen LogP contribution in [0.2, 0.25) is 0 Å². The fourth-order valence-electron chi connectivity index (χ4n) is 4.63. The van der Waals surface area contributed by atoms with Crippen molar-refractivity contribution in [3.63, 3.8) is 0 Å². The zero-order valence-electron chi connectivity index (χ0n) is 20.0. The summed E-state index contributed by atoms with van der Waals surface area (Å²) in [6.45, 7) is 0.150. The molecule has 8 nitrogen and oxygen atoms in total. The molecule has 2 fully saturated rings. The zero-order valence-corrected chi connectivity index (χ0v) is 20.0. The van der Waals surface area contributed by atoms with Crippen LogP contribution in [0.3, 0.4) is 0 Å². The molecule has 1 aliphatic heterocycles. The molecule has 0 radical (unpaired) electrons. The van der Waals surface area contributed by atoms with Crippen LogP contribution >= 0.6 is 0 Å². The van der Waals surface area contributed by atoms with Gasteiger partial charge in [0.15, 0.2) is 5.78 Å². The first kappa shape index (κ1) is 24.5. The lowest BCUT2D eigenvalue weighted by Gasteiger charge is -2.38. The average Bonchev–Trinajstić information content (AvgIpc) is 3.54. The van der Waals surface area contributed by atoms with Gasteiger partial charge in [-0.3, -0.25) is 9.20 Å². The summed E-state index contributed by atoms with van der Waals surface area (Å²) in [5, 5.41) is 8.99. The number of methoxy groups -OCH3 is 1. The number of hydrogen-bond acceptors (Lipinski definition) is 7. The predicted octanol–water partition coefficient (Wildman–Crippen LogP) is 3.90. The number of pyridine rings is 1. The number of likely N-dealkylation sites (tertiary alicyclic amines) is 1. The number of alkyl halides is 2. The van der Waals surface area contributed by atoms with Crippen LogP contribution in [0.25, 0.3) is 16.9 Å². The van der Waals surface area contributed by atoms with Gasteiger partial charge >= 0.3 is 6.61 Å². The Morgan fingerprint density at radius 1 is 1.19 bits per heavy atom. The third-order valence-corrected chi connectivity index (χ3v) is 6.67. The quantitative estimate of drug-likeness (QED) is 0.377. The van der Waals surface area contributed by atoms with E-state index in [9.17, 15) is 13.6 Å². The van der Waals surface area contributed by atoms with E-state index in [0.717, 1.165) is 25.9 Å². The maximum atomic E-state index is 13.2. The summed E-state index contributed by atoms with van der Waals surface area (Å²) in [5.74, 6) is 1.13. The summed E-state index contributed by atoms with van der Waals surface area (Å²) in [7, 11) is 1.41. The molecule has 36 heavy (non-hydrogen) atoms. The zero-order chi connectivity index (χ0) is 25.2. The number of imidazole rings is 1. The number of rotatable bonds is 12. The second kappa shape index (κ2) is 10.4. The molecule has 0 unspecified atom stereocenters. The van der Waals surface area contributed by atoms with E-state index in [4.69, 9.17) is 19.3 Å². The van der Waals surface area contributed by atoms with E-state index in [-0.39, 0.29) is 35.9 Å². The predicted molar refractivity (Wildman–Crippen MR) is 128 cm³/mol. The molecule has 1 aliphatic carbocycles. The second-order valence-corrected chi connectivity index (χ2v) is 9.40. The van der Waals surface area contributed by atoms with Gasteiger partial charge in [-0.15, -0.1) is 0 Å². The Balaban J connectivity index is 1.39. The van der Waals surface area contributed by atoms with Gasteiger partial charge in [0.05, 0.1) is 32.2 Å². The first-order valence-corrected chi connectivity index (χ1v) is 12.1. The minimum absolute atomic E-state index is 0.0477. The lowest BCUT2D eigenvalue weighted by molar-refractivity contribution is -0.0502. The van der Waals surface area contributed by atoms with Crippen LogP contribution in [0.15, 0.2) is 36.7 Å². The molecule has 1 aromatic carbocycles. The topological polar surface area (TPSA) is 85.5 Å². The summed E-state index contributed by atoms with van der Waals surface area (Å²) >= 11 is 0. The molecular formula is C26H29F2N3O5. The molecule has 3 heterocycles. The lowest BCUT2D eigenvalue weighted by Crippen LogP contribution is -2.50. The number of carbonyl (C=O) groups is 1. The minimum Gasteiger partial charge on any atom is -0.496 e. The number of aliphatic hydroxyl groups excluding tert-OH is 1. The van der Waals surface area contributed by atoms with Crippen molar-refractivity contribution in [1.82, 2.24) is 14.3 Å². The molecular weight excluding hydrogens is 472 g/mol. The van der Waals surface area contributed by atoms with E-state index in [1.807, 2.05) is 16.5 Å². The number of β-amino-alcohol motifs (C(OH)–C–C–N with tert-alkyl or cyclic N) is 1. The Labute approximate surface area is 207 Å². The average molecular weight is 502 g/mol. The molecule has 1 saturated carbocycles. The second-order valence-electron chi connectivity index (χ2n) is 9.40. The van der Waals surface area contributed by atoms with E-state index in [1.54, 1.807) is 18.5 Å². The van der Waals surface area contributed by atoms with Crippen molar-refractivity contribution in [3.8, 4) is 28.5 Å². The first-order valence-electron chi connectivity index (χ1n) is 12.1. The molecule has 3 aromatic rings. The minimum atomic E-state index is -3.08. The van der Waals surface area contributed by atoms with Crippen LogP contribution in [-0.4, -0.2) is 71.7 Å². The van der Waals surface area contributed by atoms with Crippen LogP contribution in [-0.2, 0) is 0 Å². The van der Waals surface area contributed by atoms with Crippen molar-refractivity contribution in [2.45, 2.75) is 25.9 Å². The number of ether oxygens (including phenoxy) is 3. The van der Waals surface area contributed by atoms with Crippen LogP contribution < -0.4 is 14.2 Å². The number of halogens is 2. The van der Waals surface area contributed by atoms with E-state index in [0.29, 0.717) is 47.6 Å². The largest absolute Gasteiger partial charge is 0.496 e. The SMILES string of the molecule is COc1cc(-c2cnc3cc(OCC4CN(CCO)C4)ccn23)cc(OC(F)F)c1C(=O)CC1CC1. The van der Waals surface area contributed by atoms with Gasteiger partial charge in [0.1, 0.15) is 28.5 Å². The highest BCUT2D eigenvalue weighted by Crippen LogP contribution is 2.40. The molecule has 0 atom stereocenters. The third kappa shape index (κ3) is 5.29. The number of benzene rings is 1. The number of carbonyl (C=O) groups excluding carboxylic acids is 1. The third-order valence-electron chi connectivity index (χ3n) is 6.67. The molecule has 5 rings (SSSR count). The number of fused-ring (bicyclic) bond motifs is 1. The Hall–Kier alpha value is -3.24. The monoisotopic (exact) mass is 501 g/mol. The van der Waals surface area contributed by atoms with E-state index < -0.39 is 6.61 Å². The van der Waals surface area contributed by atoms with Crippen molar-refractivity contribution < 1.29 is 32.9 Å². The van der Waals surface area contributed by atoms with Crippen molar-refractivity contribution in [2.75, 3.05) is 40.0 Å². The van der Waals surface area contributed by atoms with Gasteiger partial charge in [-0.05, 0) is 37.0 Å². The van der Waals surface area contributed by atoms with Gasteiger partial charge in [0, 0.05) is 49.8 Å². The van der Waals surface area contributed by atoms with Crippen molar-refractivity contribution in [1.29, 1.82) is 0 Å². The van der Waals surface area contributed by atoms with Crippen molar-refractivity contribution in [3.05, 3.63) is 42.2 Å². The standard InChI is InChI=1S/C26H29F2N3O5/c1-34-22-9-18(10-23(36-26(27)28)25(22)21(33)8-16-2-3-16)20-12-29-24-11-19(4-5-31(20)24)35-15-17-13-30(14-17)6-7-32/h4-5,9-12,16-17,26,32H,2-3,6-8,13-15H2,1H3. The number of ketones is 1. The highest BCUT2D eigenvalue weighted by Gasteiger charge is 2.30. The molecule has 1 saturated heterocycles. The van der Waals surface area contributed by atoms with Gasteiger partial charge in [-0.2, -0.15) is 8.78 Å². The maximum absolute atomic E-state index is 13.2. The Morgan fingerprint density at radius 3 is 2.67 bits per heavy atom. The number of Topliss-reactive ketones (excluding diaryl/α,β-unsaturated/α-hetero) is 1. The summed E-state index contributed by atoms with van der Waals surface area (Å²) in [6, 6.07) is 6.73. The maximum Gasteiger partial charge on any atom is 0.387 e. The summed E-state index contributed by atoms with van der Waals surface area (Å²) in [5.41, 5.74) is 1.84. The van der Waals surface area contributed by atoms with Crippen LogP contribution in [0.1, 0.15) is 29.6 Å². The Morgan fingerprint density at radius 2 is 1.97 bits per heavy atom. The fraction of sp³-hybridized carbons (Fsp3) is 0.462. The van der Waals surface area contributed by atoms with Gasteiger partial charge in [0.2, 0.25) is 0 Å². The van der Waals surface area contributed by atoms with Crippen molar-refractivity contribution in [2.24, 2.45) is 11.8 Å². The van der Waals surface area contributed by atoms with E-state index >= 15 is 0 Å². The number of nitrogens with zero attached hydrogens (tertiary/aromatic N) is 3. The molecule has 0 amide bonds. The number of aliphatic hydroxyl groups is 1. The first-order chi connectivity index (χ1) is 17.4. The summed E-state index contributed by atoms with van der Waals surface area (Å²) < 4.78 is 44.5. The molecule has 10 heteroatoms. The molecule has 0 spiro atoms. The highest BCUT2D eigenvalue weighted by atomic mass is 19.3. The van der Waals surface area contributed by atoms with Crippen molar-refractivity contribution >= 4 is 11.4 Å². The molecule has 192 valence electrons. The Bertz CT molecular complexity index is 1240. The molecule has 1 N–H and O–H groups in total. The van der Waals surface area contributed by atoms with Gasteiger partial charge in [-0.1, -0.05) is 0 Å². The molecule has 2 aliphatic rings. The Kier molecular flexibility index (Phi) is 7.06. The summed E-state index contributed by atoms with van der Waals surface area (Å²) in [6.07, 6.45) is 5.65. The number of aromatic nitrogens is 2. The number of hydrogen-bond donors (Lipinski definition) is 1. The van der Waals surface area contributed by atoms with E-state index in [1.165, 1.54) is 13.2 Å². The van der Waals surface area contributed by atoms with Gasteiger partial charge < -0.3 is 24.2 Å². The van der Waals surface area contributed by atoms with Crippen LogP contribution in [0, 0.1) is 11.8 Å². The fourth-order valence-corrected chi connectivity index (χ4v) is 4.63. The normalized spacial score (nSPS) is 16.4. The summed E-state index contributed by atoms with van der Waals surface area (Å²) in [4.78, 5) is 19.5. The van der Waals surface area contributed by atoms with Crippen LogP contribution in [0.5, 0.6) is 17.2 Å². The smallest absolute Gasteiger partial charge is 0.387 e. The lowest BCUT2D eigenvalue weighted by atomic mass is 10.00. The molecule has 0 bridgehead atoms. The van der Waals surface area contributed by atoms with E-state index in [2.05, 4.69) is 9.88 Å².